The van der Waals surface area contributed by atoms with Gasteiger partial charge in [0, 0.05) is 6.42 Å². The minimum atomic E-state index is 0.476. The predicted molar refractivity (Wildman–Crippen MR) is 68.4 cm³/mol. The van der Waals surface area contributed by atoms with Crippen molar-refractivity contribution in [2.45, 2.75) is 13.0 Å². The van der Waals surface area contributed by atoms with E-state index in [4.69, 9.17) is 18.0 Å². The summed E-state index contributed by atoms with van der Waals surface area (Å²) in [6.45, 7) is 2.23. The molecule has 1 aliphatic rings. The number of H-pyrrole nitrogens is 1. The first-order valence-corrected chi connectivity index (χ1v) is 6.49. The molecule has 0 saturated heterocycles. The molecule has 0 bridgehead atoms. The Labute approximate surface area is 102 Å². The molecule has 84 valence electrons. The average molecular weight is 253 g/mol. The molecule has 3 heterocycles. The highest BCUT2D eigenvalue weighted by Gasteiger charge is 2.23. The van der Waals surface area contributed by atoms with Crippen LogP contribution in [0.2, 0.25) is 0 Å². The second kappa shape index (κ2) is 3.51. The van der Waals surface area contributed by atoms with Gasteiger partial charge in [0.15, 0.2) is 4.77 Å². The summed E-state index contributed by atoms with van der Waals surface area (Å²) < 4.78 is 0.476. The number of rotatable bonds is 0. The molecule has 3 rings (SSSR count). The number of aromatic nitrogens is 2. The average Bonchev–Trinajstić information content (AvgIpc) is 2.54. The van der Waals surface area contributed by atoms with E-state index in [0.29, 0.717) is 10.6 Å². The van der Waals surface area contributed by atoms with Crippen molar-refractivity contribution in [1.82, 2.24) is 9.97 Å². The monoisotopic (exact) mass is 253 g/mol. The van der Waals surface area contributed by atoms with Crippen molar-refractivity contribution >= 4 is 39.6 Å². The van der Waals surface area contributed by atoms with E-state index in [1.165, 1.54) is 10.4 Å². The van der Waals surface area contributed by atoms with Crippen molar-refractivity contribution in [2.75, 3.05) is 19.3 Å². The van der Waals surface area contributed by atoms with E-state index in [1.807, 2.05) is 0 Å². The molecule has 0 spiro atoms. The summed E-state index contributed by atoms with van der Waals surface area (Å²) in [4.78, 5) is 11.2. The largest absolute Gasteiger partial charge is 0.385 e. The van der Waals surface area contributed by atoms with Gasteiger partial charge in [0.1, 0.15) is 17.2 Å². The van der Waals surface area contributed by atoms with Gasteiger partial charge in [-0.2, -0.15) is 0 Å². The molecule has 0 radical (unpaired) electrons. The third-order valence-corrected chi connectivity index (χ3v) is 4.37. The van der Waals surface area contributed by atoms with Gasteiger partial charge in [0.25, 0.3) is 0 Å². The van der Waals surface area contributed by atoms with E-state index in [-0.39, 0.29) is 0 Å². The van der Waals surface area contributed by atoms with Gasteiger partial charge >= 0.3 is 0 Å². The molecule has 0 aliphatic carbocycles. The van der Waals surface area contributed by atoms with Crippen molar-refractivity contribution in [3.63, 3.8) is 0 Å². The number of hydrogen-bond donors (Lipinski definition) is 3. The summed E-state index contributed by atoms with van der Waals surface area (Å²) in [5.74, 6) is 0.673. The SMILES string of the molecule is C[NH+]1CCc2c(sc3nc(=S)[nH]c(N)c23)C1. The number of nitrogens with two attached hydrogens (primary N) is 1. The Morgan fingerprint density at radius 3 is 3.19 bits per heavy atom. The Morgan fingerprint density at radius 2 is 2.38 bits per heavy atom. The molecule has 1 atom stereocenters. The van der Waals surface area contributed by atoms with E-state index >= 15 is 0 Å². The van der Waals surface area contributed by atoms with Crippen LogP contribution in [0.4, 0.5) is 5.82 Å². The first-order valence-electron chi connectivity index (χ1n) is 5.26. The summed E-state index contributed by atoms with van der Waals surface area (Å²) in [6.07, 6.45) is 1.08. The molecule has 16 heavy (non-hydrogen) atoms. The molecule has 0 saturated carbocycles. The molecule has 2 aromatic heterocycles. The second-order valence-electron chi connectivity index (χ2n) is 4.27. The maximum Gasteiger partial charge on any atom is 0.199 e. The third-order valence-electron chi connectivity index (χ3n) is 3.05. The van der Waals surface area contributed by atoms with Gasteiger partial charge in [-0.3, -0.25) is 0 Å². The minimum absolute atomic E-state index is 0.476. The summed E-state index contributed by atoms with van der Waals surface area (Å²) in [5, 5.41) is 1.10. The Hall–Kier alpha value is -0.980. The van der Waals surface area contributed by atoms with Crippen LogP contribution in [0.25, 0.3) is 10.2 Å². The first-order chi connectivity index (χ1) is 7.65. The molecule has 0 amide bonds. The zero-order valence-corrected chi connectivity index (χ0v) is 10.6. The van der Waals surface area contributed by atoms with Crippen molar-refractivity contribution < 1.29 is 4.90 Å². The highest BCUT2D eigenvalue weighted by molar-refractivity contribution is 7.71. The van der Waals surface area contributed by atoms with Crippen LogP contribution in [0, 0.1) is 4.77 Å². The highest BCUT2D eigenvalue weighted by Crippen LogP contribution is 2.33. The number of nitrogens with zero attached hydrogens (tertiary/aromatic N) is 1. The highest BCUT2D eigenvalue weighted by atomic mass is 32.1. The number of quaternary nitrogens is 1. The van der Waals surface area contributed by atoms with E-state index in [2.05, 4.69) is 17.0 Å². The number of nitrogens with one attached hydrogen (secondary N) is 2. The quantitative estimate of drug-likeness (QED) is 0.600. The lowest BCUT2D eigenvalue weighted by molar-refractivity contribution is -0.895. The van der Waals surface area contributed by atoms with Gasteiger partial charge in [-0.25, -0.2) is 4.98 Å². The fraction of sp³-hybridized carbons (Fsp3) is 0.400. The molecule has 2 aromatic rings. The van der Waals surface area contributed by atoms with Gasteiger partial charge in [-0.15, -0.1) is 11.3 Å². The summed E-state index contributed by atoms with van der Waals surface area (Å²) in [7, 11) is 2.22. The molecule has 0 fully saturated rings. The van der Waals surface area contributed by atoms with Crippen LogP contribution < -0.4 is 10.6 Å². The normalized spacial score (nSPS) is 19.9. The van der Waals surface area contributed by atoms with E-state index in [9.17, 15) is 0 Å². The number of likely N-dealkylation sites (N-methyl/N-ethyl adjacent to an activating group) is 1. The standard InChI is InChI=1S/C10H12N4S2/c1-14-3-2-5-6(4-14)16-9-7(5)8(11)12-10(15)13-9/h2-4H2,1H3,(H3,11,12,13,15)/p+1. The smallest absolute Gasteiger partial charge is 0.199 e. The van der Waals surface area contributed by atoms with Crippen LogP contribution in [0.3, 0.4) is 0 Å². The van der Waals surface area contributed by atoms with Gasteiger partial charge < -0.3 is 15.6 Å². The van der Waals surface area contributed by atoms with Crippen molar-refractivity contribution in [3.8, 4) is 0 Å². The van der Waals surface area contributed by atoms with Gasteiger partial charge in [-0.05, 0) is 17.8 Å². The topological polar surface area (TPSA) is 59.1 Å². The van der Waals surface area contributed by atoms with Crippen LogP contribution >= 0.6 is 23.6 Å². The van der Waals surface area contributed by atoms with Gasteiger partial charge in [-0.1, -0.05) is 0 Å². The van der Waals surface area contributed by atoms with Crippen molar-refractivity contribution in [3.05, 3.63) is 15.2 Å². The van der Waals surface area contributed by atoms with Crippen LogP contribution in [0.5, 0.6) is 0 Å². The van der Waals surface area contributed by atoms with Crippen LogP contribution in [-0.4, -0.2) is 23.6 Å². The molecule has 1 unspecified atom stereocenters. The molecule has 4 N–H and O–H groups in total. The Balaban J connectivity index is 2.33. The number of hydrogen-bond acceptors (Lipinski definition) is 4. The lowest BCUT2D eigenvalue weighted by Gasteiger charge is -2.19. The van der Waals surface area contributed by atoms with E-state index < -0.39 is 0 Å². The first kappa shape index (κ1) is 10.2. The number of anilines is 1. The van der Waals surface area contributed by atoms with Gasteiger partial charge in [0.05, 0.1) is 23.9 Å². The van der Waals surface area contributed by atoms with Crippen molar-refractivity contribution in [1.29, 1.82) is 0 Å². The second-order valence-corrected chi connectivity index (χ2v) is 5.74. The molecule has 6 heteroatoms. The zero-order valence-electron chi connectivity index (χ0n) is 8.96. The Bertz CT molecular complexity index is 613. The number of aromatic amines is 1. The maximum absolute atomic E-state index is 6.00. The molecule has 0 aromatic carbocycles. The number of fused-ring (bicyclic) bond motifs is 3. The van der Waals surface area contributed by atoms with Gasteiger partial charge in [0.2, 0.25) is 0 Å². The molecular weight excluding hydrogens is 240 g/mol. The fourth-order valence-electron chi connectivity index (χ4n) is 2.26. The number of thiophene rings is 1. The van der Waals surface area contributed by atoms with Crippen LogP contribution in [-0.2, 0) is 13.0 Å². The summed E-state index contributed by atoms with van der Waals surface area (Å²) in [5.41, 5.74) is 7.37. The van der Waals surface area contributed by atoms with E-state index in [0.717, 1.165) is 29.7 Å². The summed E-state index contributed by atoms with van der Waals surface area (Å²) in [6, 6.07) is 0. The number of nitrogen functional groups attached to an aromatic ring is 1. The Morgan fingerprint density at radius 1 is 1.56 bits per heavy atom. The minimum Gasteiger partial charge on any atom is -0.385 e. The molecular formula is C10H13N4S2+. The molecule has 4 nitrogen and oxygen atoms in total. The van der Waals surface area contributed by atoms with Crippen LogP contribution in [0.15, 0.2) is 0 Å². The van der Waals surface area contributed by atoms with Crippen molar-refractivity contribution in [2.24, 2.45) is 0 Å². The molecule has 1 aliphatic heterocycles. The Kier molecular flexibility index (Phi) is 2.24. The summed E-state index contributed by atoms with van der Waals surface area (Å²) >= 11 is 6.78. The lowest BCUT2D eigenvalue weighted by atomic mass is 10.1. The van der Waals surface area contributed by atoms with Crippen LogP contribution in [0.1, 0.15) is 10.4 Å². The maximum atomic E-state index is 6.00. The fourth-order valence-corrected chi connectivity index (χ4v) is 3.87. The van der Waals surface area contributed by atoms with E-state index in [1.54, 1.807) is 16.2 Å². The predicted octanol–water partition coefficient (Wildman–Crippen LogP) is 0.507. The zero-order chi connectivity index (χ0) is 11.3. The third kappa shape index (κ3) is 1.45. The lowest BCUT2D eigenvalue weighted by Crippen LogP contribution is -3.08.